The Kier molecular flexibility index (Phi) is 5.71. The summed E-state index contributed by atoms with van der Waals surface area (Å²) < 4.78 is 5.24. The van der Waals surface area contributed by atoms with E-state index in [1.54, 1.807) is 4.90 Å². The lowest BCUT2D eigenvalue weighted by atomic mass is 10.0. The second kappa shape index (κ2) is 8.57. The molecule has 1 amide bonds. The Labute approximate surface area is 174 Å². The van der Waals surface area contributed by atoms with Gasteiger partial charge in [0.05, 0.1) is 12.1 Å². The van der Waals surface area contributed by atoms with Gasteiger partial charge in [-0.1, -0.05) is 48.0 Å². The lowest BCUT2D eigenvalue weighted by molar-refractivity contribution is -0.147. The zero-order valence-electron chi connectivity index (χ0n) is 16.3. The predicted octanol–water partition coefficient (Wildman–Crippen LogP) is 4.18. The molecule has 1 aromatic heterocycles. The van der Waals surface area contributed by atoms with Crippen LogP contribution in [0.4, 0.5) is 5.69 Å². The number of aryl methyl sites for hydroxylation is 2. The van der Waals surface area contributed by atoms with Crippen molar-refractivity contribution < 1.29 is 14.3 Å². The van der Waals surface area contributed by atoms with Crippen molar-refractivity contribution in [2.45, 2.75) is 26.2 Å². The zero-order chi connectivity index (χ0) is 20.2. The molecule has 0 saturated carbocycles. The van der Waals surface area contributed by atoms with Crippen molar-refractivity contribution in [3.8, 4) is 10.6 Å². The molecule has 0 atom stereocenters. The minimum atomic E-state index is -0.440. The number of aromatic nitrogens is 1. The number of hydrogen-bond donors (Lipinski definition) is 0. The molecule has 1 aliphatic heterocycles. The highest BCUT2D eigenvalue weighted by Crippen LogP contribution is 2.27. The van der Waals surface area contributed by atoms with Crippen LogP contribution in [0.15, 0.2) is 53.9 Å². The number of carbonyl (C=O) groups excluding carboxylic acids is 2. The number of rotatable bonds is 5. The van der Waals surface area contributed by atoms with Crippen molar-refractivity contribution in [1.82, 2.24) is 4.98 Å². The van der Waals surface area contributed by atoms with Crippen LogP contribution in [0.25, 0.3) is 10.6 Å². The molecule has 0 unspecified atom stereocenters. The molecule has 0 aliphatic carbocycles. The Bertz CT molecular complexity index is 1030. The normalized spacial score (nSPS) is 13.1. The van der Waals surface area contributed by atoms with Crippen molar-refractivity contribution in [2.75, 3.05) is 18.1 Å². The summed E-state index contributed by atoms with van der Waals surface area (Å²) in [6.45, 7) is 2.44. The predicted molar refractivity (Wildman–Crippen MR) is 114 cm³/mol. The number of fused-ring (bicyclic) bond motifs is 1. The lowest BCUT2D eigenvalue weighted by Crippen LogP contribution is -2.38. The summed E-state index contributed by atoms with van der Waals surface area (Å²) in [7, 11) is 0. The van der Waals surface area contributed by atoms with E-state index < -0.39 is 5.97 Å². The summed E-state index contributed by atoms with van der Waals surface area (Å²) in [5, 5.41) is 2.73. The standard InChI is InChI=1S/C23H22N2O3S/c1-16-8-10-18(11-9-16)23-24-19(15-29-23)13-22(27)28-14-21(26)25-12-4-6-17-5-2-3-7-20(17)25/h2-3,5,7-11,15H,4,6,12-14H2,1H3. The van der Waals surface area contributed by atoms with Gasteiger partial charge in [-0.15, -0.1) is 11.3 Å². The van der Waals surface area contributed by atoms with Crippen LogP contribution in [0.3, 0.4) is 0 Å². The van der Waals surface area contributed by atoms with Crippen LogP contribution in [0, 0.1) is 6.92 Å². The third-order valence-electron chi connectivity index (χ3n) is 4.94. The maximum absolute atomic E-state index is 12.6. The van der Waals surface area contributed by atoms with E-state index in [0.717, 1.165) is 34.7 Å². The first-order valence-corrected chi connectivity index (χ1v) is 10.5. The first-order valence-electron chi connectivity index (χ1n) is 9.65. The van der Waals surface area contributed by atoms with Crippen LogP contribution in [0.2, 0.25) is 0 Å². The second-order valence-corrected chi connectivity index (χ2v) is 7.98. The van der Waals surface area contributed by atoms with Gasteiger partial charge in [0.2, 0.25) is 0 Å². The van der Waals surface area contributed by atoms with Gasteiger partial charge in [0, 0.05) is 23.2 Å². The Morgan fingerprint density at radius 3 is 2.76 bits per heavy atom. The number of para-hydroxylation sites is 1. The van der Waals surface area contributed by atoms with Crippen LogP contribution in [-0.4, -0.2) is 30.0 Å². The SMILES string of the molecule is Cc1ccc(-c2nc(CC(=O)OCC(=O)N3CCCc4ccccc43)cs2)cc1. The second-order valence-electron chi connectivity index (χ2n) is 7.13. The molecule has 29 heavy (non-hydrogen) atoms. The van der Waals surface area contributed by atoms with Crippen molar-refractivity contribution in [3.05, 3.63) is 70.7 Å². The quantitative estimate of drug-likeness (QED) is 0.597. The summed E-state index contributed by atoms with van der Waals surface area (Å²) in [6, 6.07) is 16.0. The van der Waals surface area contributed by atoms with E-state index in [1.807, 2.05) is 60.8 Å². The van der Waals surface area contributed by atoms with Crippen molar-refractivity contribution in [3.63, 3.8) is 0 Å². The highest BCUT2D eigenvalue weighted by Gasteiger charge is 2.23. The monoisotopic (exact) mass is 406 g/mol. The average molecular weight is 407 g/mol. The van der Waals surface area contributed by atoms with Crippen molar-refractivity contribution in [1.29, 1.82) is 0 Å². The number of esters is 1. The fourth-order valence-electron chi connectivity index (χ4n) is 3.43. The van der Waals surface area contributed by atoms with Crippen LogP contribution < -0.4 is 4.90 Å². The van der Waals surface area contributed by atoms with E-state index >= 15 is 0 Å². The number of thiazole rings is 1. The van der Waals surface area contributed by atoms with Crippen molar-refractivity contribution in [2.24, 2.45) is 0 Å². The molecule has 0 fully saturated rings. The smallest absolute Gasteiger partial charge is 0.312 e. The number of ether oxygens (including phenoxy) is 1. The van der Waals surface area contributed by atoms with Crippen molar-refractivity contribution >= 4 is 28.9 Å². The summed E-state index contributed by atoms with van der Waals surface area (Å²) in [4.78, 5) is 31.0. The van der Waals surface area contributed by atoms with E-state index in [-0.39, 0.29) is 18.9 Å². The summed E-state index contributed by atoms with van der Waals surface area (Å²) in [5.74, 6) is -0.631. The van der Waals surface area contributed by atoms with Gasteiger partial charge in [-0.2, -0.15) is 0 Å². The Hall–Kier alpha value is -2.99. The van der Waals surface area contributed by atoms with Gasteiger partial charge in [0.1, 0.15) is 5.01 Å². The number of benzene rings is 2. The van der Waals surface area contributed by atoms with E-state index in [0.29, 0.717) is 12.2 Å². The number of hydrogen-bond acceptors (Lipinski definition) is 5. The molecule has 1 aliphatic rings. The number of carbonyl (C=O) groups is 2. The fourth-order valence-corrected chi connectivity index (χ4v) is 4.25. The molecule has 3 aromatic rings. The largest absolute Gasteiger partial charge is 0.455 e. The molecule has 0 bridgehead atoms. The first kappa shape index (κ1) is 19.3. The van der Waals surface area contributed by atoms with E-state index in [2.05, 4.69) is 4.98 Å². The molecule has 4 rings (SSSR count). The summed E-state index contributed by atoms with van der Waals surface area (Å²) >= 11 is 1.50. The molecule has 0 spiro atoms. The molecule has 0 radical (unpaired) electrons. The fraction of sp³-hybridized carbons (Fsp3) is 0.261. The van der Waals surface area contributed by atoms with Gasteiger partial charge in [-0.05, 0) is 31.4 Å². The van der Waals surface area contributed by atoms with Gasteiger partial charge in [-0.3, -0.25) is 9.59 Å². The molecule has 0 N–H and O–H groups in total. The molecule has 2 aromatic carbocycles. The van der Waals surface area contributed by atoms with Gasteiger partial charge < -0.3 is 9.64 Å². The number of anilines is 1. The minimum Gasteiger partial charge on any atom is -0.455 e. The maximum atomic E-state index is 12.6. The molecular weight excluding hydrogens is 384 g/mol. The summed E-state index contributed by atoms with van der Waals surface area (Å²) in [5.41, 5.74) is 4.95. The Morgan fingerprint density at radius 1 is 1.14 bits per heavy atom. The van der Waals surface area contributed by atoms with Crippen LogP contribution in [-0.2, 0) is 27.2 Å². The molecule has 6 heteroatoms. The van der Waals surface area contributed by atoms with Gasteiger partial charge in [-0.25, -0.2) is 4.98 Å². The molecular formula is C23H22N2O3S. The molecule has 5 nitrogen and oxygen atoms in total. The highest BCUT2D eigenvalue weighted by atomic mass is 32.1. The minimum absolute atomic E-state index is 0.0617. The maximum Gasteiger partial charge on any atom is 0.312 e. The highest BCUT2D eigenvalue weighted by molar-refractivity contribution is 7.13. The van der Waals surface area contributed by atoms with Gasteiger partial charge in [0.15, 0.2) is 6.61 Å². The third-order valence-corrected chi connectivity index (χ3v) is 5.88. The van der Waals surface area contributed by atoms with E-state index in [4.69, 9.17) is 4.74 Å². The lowest BCUT2D eigenvalue weighted by Gasteiger charge is -2.29. The van der Waals surface area contributed by atoms with Gasteiger partial charge >= 0.3 is 5.97 Å². The third kappa shape index (κ3) is 4.54. The molecule has 148 valence electrons. The number of nitrogens with zero attached hydrogens (tertiary/aromatic N) is 2. The van der Waals surface area contributed by atoms with E-state index in [1.165, 1.54) is 16.9 Å². The van der Waals surface area contributed by atoms with Gasteiger partial charge in [0.25, 0.3) is 5.91 Å². The Balaban J connectivity index is 1.33. The van der Waals surface area contributed by atoms with Crippen LogP contribution in [0.5, 0.6) is 0 Å². The Morgan fingerprint density at radius 2 is 1.93 bits per heavy atom. The zero-order valence-corrected chi connectivity index (χ0v) is 17.1. The molecule has 2 heterocycles. The topological polar surface area (TPSA) is 59.5 Å². The first-order chi connectivity index (χ1) is 14.1. The molecule has 0 saturated heterocycles. The average Bonchev–Trinajstić information content (AvgIpc) is 3.20. The van der Waals surface area contributed by atoms with Crippen LogP contribution >= 0.6 is 11.3 Å². The summed E-state index contributed by atoms with van der Waals surface area (Å²) in [6.07, 6.45) is 1.94. The van der Waals surface area contributed by atoms with Crippen LogP contribution in [0.1, 0.15) is 23.2 Å². The number of amides is 1. The van der Waals surface area contributed by atoms with E-state index in [9.17, 15) is 9.59 Å².